The van der Waals surface area contributed by atoms with Crippen LogP contribution < -0.4 is 0 Å². The number of hydrogen-bond acceptors (Lipinski definition) is 4. The van der Waals surface area contributed by atoms with E-state index in [1.54, 1.807) is 12.1 Å². The number of Topliss-reactive ketones (excluding diaryl/α,β-unsaturated/α-hetero) is 1. The van der Waals surface area contributed by atoms with E-state index in [1.165, 1.54) is 0 Å². The number of hydrogen-bond donors (Lipinski definition) is 0. The second-order valence-electron chi connectivity index (χ2n) is 9.74. The molecule has 2 aromatic carbocycles. The highest BCUT2D eigenvalue weighted by Gasteiger charge is 2.49. The lowest BCUT2D eigenvalue weighted by molar-refractivity contribution is -0.118. The van der Waals surface area contributed by atoms with Gasteiger partial charge in [0.1, 0.15) is 0 Å². The van der Waals surface area contributed by atoms with E-state index in [0.29, 0.717) is 34.9 Å². The Labute approximate surface area is 194 Å². The summed E-state index contributed by atoms with van der Waals surface area (Å²) in [4.78, 5) is 16.1. The van der Waals surface area contributed by atoms with E-state index in [2.05, 4.69) is 18.7 Å². The van der Waals surface area contributed by atoms with Crippen LogP contribution in [0.15, 0.2) is 76.5 Å². The summed E-state index contributed by atoms with van der Waals surface area (Å²) in [5, 5.41) is 0.587. The minimum atomic E-state index is -3.46. The van der Waals surface area contributed by atoms with Crippen LogP contribution in [0.3, 0.4) is 0 Å². The third kappa shape index (κ3) is 3.61. The molecule has 2 heterocycles. The van der Waals surface area contributed by atoms with Crippen LogP contribution in [-0.2, 0) is 21.2 Å². The minimum Gasteiger partial charge on any atom is -0.343 e. The molecule has 0 saturated carbocycles. The summed E-state index contributed by atoms with van der Waals surface area (Å²) in [6.45, 7) is 4.79. The van der Waals surface area contributed by atoms with Gasteiger partial charge in [-0.1, -0.05) is 67.9 Å². The maximum absolute atomic E-state index is 13.6. The molecule has 6 heteroatoms. The first-order valence-electron chi connectivity index (χ1n) is 11.0. The molecule has 0 aromatic heterocycles. The quantitative estimate of drug-likeness (QED) is 0.588. The Morgan fingerprint density at radius 3 is 2.38 bits per heavy atom. The van der Waals surface area contributed by atoms with Crippen molar-refractivity contribution in [3.63, 3.8) is 0 Å². The van der Waals surface area contributed by atoms with Crippen molar-refractivity contribution in [2.24, 2.45) is 5.41 Å². The van der Waals surface area contributed by atoms with E-state index in [4.69, 9.17) is 11.6 Å². The summed E-state index contributed by atoms with van der Waals surface area (Å²) >= 11 is 6.12. The van der Waals surface area contributed by atoms with Crippen molar-refractivity contribution in [2.75, 3.05) is 5.75 Å². The van der Waals surface area contributed by atoms with Gasteiger partial charge in [-0.3, -0.25) is 4.79 Å². The number of benzene rings is 2. The molecule has 5 rings (SSSR count). The first kappa shape index (κ1) is 21.5. The standard InChI is InChI=1S/C26H26ClNO3S/c1-26(2)14-21-24(22(29)15-26)23(18-8-10-19(27)11-9-18)25-20(12-13-32(25,30)31)28(21)16-17-6-4-3-5-7-17/h3-11,23H,12-16H2,1-2H3. The van der Waals surface area contributed by atoms with Gasteiger partial charge in [-0.2, -0.15) is 0 Å². The SMILES string of the molecule is CC1(C)CC(=O)C2=C(C1)N(Cc1ccccc1)C1=C(C2c2ccc(Cl)cc2)S(=O)(=O)CC1. The topological polar surface area (TPSA) is 54.5 Å². The Balaban J connectivity index is 1.75. The number of halogens is 1. The first-order valence-corrected chi connectivity index (χ1v) is 13.0. The number of sulfone groups is 1. The van der Waals surface area contributed by atoms with E-state index in [1.807, 2.05) is 42.5 Å². The monoisotopic (exact) mass is 467 g/mol. The molecule has 0 spiro atoms. The van der Waals surface area contributed by atoms with Gasteiger partial charge in [0, 0.05) is 41.4 Å². The second-order valence-corrected chi connectivity index (χ2v) is 12.3. The molecular weight excluding hydrogens is 442 g/mol. The highest BCUT2D eigenvalue weighted by atomic mass is 35.5. The van der Waals surface area contributed by atoms with Gasteiger partial charge in [-0.25, -0.2) is 8.42 Å². The van der Waals surface area contributed by atoms with E-state index in [9.17, 15) is 13.2 Å². The molecule has 4 nitrogen and oxygen atoms in total. The molecule has 166 valence electrons. The lowest BCUT2D eigenvalue weighted by Gasteiger charge is -2.44. The fourth-order valence-electron chi connectivity index (χ4n) is 5.35. The molecule has 1 aliphatic carbocycles. The smallest absolute Gasteiger partial charge is 0.177 e. The second kappa shape index (κ2) is 7.60. The highest BCUT2D eigenvalue weighted by Crippen LogP contribution is 2.54. The molecule has 0 radical (unpaired) electrons. The van der Waals surface area contributed by atoms with Crippen LogP contribution in [0.1, 0.15) is 50.2 Å². The highest BCUT2D eigenvalue weighted by molar-refractivity contribution is 7.95. The van der Waals surface area contributed by atoms with Crippen molar-refractivity contribution in [1.29, 1.82) is 0 Å². The van der Waals surface area contributed by atoms with Gasteiger partial charge in [0.25, 0.3) is 0 Å². The average molecular weight is 468 g/mol. The largest absolute Gasteiger partial charge is 0.343 e. The van der Waals surface area contributed by atoms with Crippen LogP contribution in [0.2, 0.25) is 5.02 Å². The summed E-state index contributed by atoms with van der Waals surface area (Å²) < 4.78 is 26.6. The summed E-state index contributed by atoms with van der Waals surface area (Å²) in [5.74, 6) is -0.422. The van der Waals surface area contributed by atoms with E-state index in [0.717, 1.165) is 28.9 Å². The van der Waals surface area contributed by atoms with Gasteiger partial charge < -0.3 is 4.90 Å². The van der Waals surface area contributed by atoms with Gasteiger partial charge in [0.2, 0.25) is 0 Å². The van der Waals surface area contributed by atoms with Crippen molar-refractivity contribution in [2.45, 2.75) is 45.6 Å². The van der Waals surface area contributed by atoms with E-state index >= 15 is 0 Å². The third-order valence-corrected chi connectivity index (χ3v) is 8.85. The molecule has 0 amide bonds. The zero-order valence-electron chi connectivity index (χ0n) is 18.3. The molecule has 0 bridgehead atoms. The number of allylic oxidation sites excluding steroid dienone is 4. The van der Waals surface area contributed by atoms with E-state index in [-0.39, 0.29) is 17.0 Å². The molecule has 2 aromatic rings. The Kier molecular flexibility index (Phi) is 5.10. The Morgan fingerprint density at radius 2 is 1.69 bits per heavy atom. The zero-order valence-corrected chi connectivity index (χ0v) is 19.8. The van der Waals surface area contributed by atoms with Crippen molar-refractivity contribution in [1.82, 2.24) is 4.90 Å². The Morgan fingerprint density at radius 1 is 1.00 bits per heavy atom. The normalized spacial score (nSPS) is 23.9. The number of rotatable bonds is 3. The molecule has 1 unspecified atom stereocenters. The van der Waals surface area contributed by atoms with Gasteiger partial charge >= 0.3 is 0 Å². The van der Waals surface area contributed by atoms with Crippen LogP contribution in [0.5, 0.6) is 0 Å². The fraction of sp³-hybridized carbons (Fsp3) is 0.346. The predicted octanol–water partition coefficient (Wildman–Crippen LogP) is 5.61. The molecule has 0 fully saturated rings. The first-order chi connectivity index (χ1) is 15.2. The van der Waals surface area contributed by atoms with Crippen molar-refractivity contribution < 1.29 is 13.2 Å². The number of carbonyl (C=O) groups excluding carboxylic acids is 1. The van der Waals surface area contributed by atoms with Crippen LogP contribution in [-0.4, -0.2) is 24.9 Å². The molecule has 3 aliphatic rings. The van der Waals surface area contributed by atoms with Gasteiger partial charge in [0.15, 0.2) is 15.6 Å². The molecule has 2 aliphatic heterocycles. The summed E-state index contributed by atoms with van der Waals surface area (Å²) in [6.07, 6.45) is 1.62. The maximum atomic E-state index is 13.6. The lowest BCUT2D eigenvalue weighted by atomic mass is 9.70. The van der Waals surface area contributed by atoms with Crippen LogP contribution >= 0.6 is 11.6 Å². The average Bonchev–Trinajstić information content (AvgIpc) is 3.04. The van der Waals surface area contributed by atoms with Crippen LogP contribution in [0.4, 0.5) is 0 Å². The van der Waals surface area contributed by atoms with Crippen LogP contribution in [0.25, 0.3) is 0 Å². The van der Waals surface area contributed by atoms with E-state index < -0.39 is 15.8 Å². The van der Waals surface area contributed by atoms with Crippen molar-refractivity contribution in [3.8, 4) is 0 Å². The summed E-state index contributed by atoms with van der Waals surface area (Å²) in [5.41, 5.74) is 4.20. The molecule has 0 saturated heterocycles. The fourth-order valence-corrected chi connectivity index (χ4v) is 7.34. The Bertz CT molecular complexity index is 1260. The summed E-state index contributed by atoms with van der Waals surface area (Å²) in [6, 6.07) is 17.3. The van der Waals surface area contributed by atoms with Gasteiger partial charge in [0.05, 0.1) is 16.6 Å². The third-order valence-electron chi connectivity index (χ3n) is 6.71. The number of nitrogens with zero attached hydrogens (tertiary/aromatic N) is 1. The summed E-state index contributed by atoms with van der Waals surface area (Å²) in [7, 11) is -3.46. The zero-order chi connectivity index (χ0) is 22.7. The molecular formula is C26H26ClNO3S. The van der Waals surface area contributed by atoms with Crippen molar-refractivity contribution >= 4 is 27.2 Å². The maximum Gasteiger partial charge on any atom is 0.177 e. The lowest BCUT2D eigenvalue weighted by Crippen LogP contribution is -2.39. The molecule has 32 heavy (non-hydrogen) atoms. The number of carbonyl (C=O) groups is 1. The Hall–Kier alpha value is -2.37. The van der Waals surface area contributed by atoms with Crippen molar-refractivity contribution in [3.05, 3.63) is 92.6 Å². The molecule has 0 N–H and O–H groups in total. The predicted molar refractivity (Wildman–Crippen MR) is 127 cm³/mol. The van der Waals surface area contributed by atoms with Gasteiger partial charge in [-0.15, -0.1) is 0 Å². The van der Waals surface area contributed by atoms with Gasteiger partial charge in [-0.05, 0) is 35.1 Å². The number of ketones is 1. The molecule has 1 atom stereocenters. The van der Waals surface area contributed by atoms with Crippen LogP contribution in [0, 0.1) is 5.41 Å². The minimum absolute atomic E-state index is 0.0444.